The third-order valence-electron chi connectivity index (χ3n) is 3.53. The van der Waals surface area contributed by atoms with Gasteiger partial charge in [-0.25, -0.2) is 4.39 Å². The zero-order valence-electron chi connectivity index (χ0n) is 11.9. The molecule has 1 aromatic heterocycles. The molecule has 2 unspecified atom stereocenters. The van der Waals surface area contributed by atoms with Crippen molar-refractivity contribution < 1.29 is 4.39 Å². The van der Waals surface area contributed by atoms with E-state index in [-0.39, 0.29) is 17.9 Å². The Hall–Kier alpha value is -1.23. The van der Waals surface area contributed by atoms with Crippen molar-refractivity contribution in [3.63, 3.8) is 0 Å². The van der Waals surface area contributed by atoms with Crippen molar-refractivity contribution in [1.29, 1.82) is 0 Å². The van der Waals surface area contributed by atoms with E-state index in [1.54, 1.807) is 11.3 Å². The molecule has 0 aliphatic rings. The van der Waals surface area contributed by atoms with Crippen LogP contribution in [-0.2, 0) is 6.54 Å². The van der Waals surface area contributed by atoms with E-state index < -0.39 is 0 Å². The summed E-state index contributed by atoms with van der Waals surface area (Å²) < 4.78 is 13.0. The standard InChI is InChI=1S/C16H21FN2S/c1-3-14(18)16(15-5-4-10-20-15)19(2)11-12-6-8-13(17)9-7-12/h4-10,14,16H,3,11,18H2,1-2H3. The molecule has 0 spiro atoms. The van der Waals surface area contributed by atoms with Crippen molar-refractivity contribution in [2.75, 3.05) is 7.05 Å². The van der Waals surface area contributed by atoms with Crippen LogP contribution in [0.25, 0.3) is 0 Å². The third kappa shape index (κ3) is 3.66. The average Bonchev–Trinajstić information content (AvgIpc) is 2.95. The largest absolute Gasteiger partial charge is 0.326 e. The Morgan fingerprint density at radius 1 is 1.25 bits per heavy atom. The van der Waals surface area contributed by atoms with Crippen molar-refractivity contribution in [3.8, 4) is 0 Å². The SMILES string of the molecule is CCC(N)C(c1cccs1)N(C)Cc1ccc(F)cc1. The third-order valence-corrected chi connectivity index (χ3v) is 4.47. The van der Waals surface area contributed by atoms with Gasteiger partial charge in [0.25, 0.3) is 0 Å². The summed E-state index contributed by atoms with van der Waals surface area (Å²) in [5.74, 6) is -0.198. The summed E-state index contributed by atoms with van der Waals surface area (Å²) in [4.78, 5) is 3.52. The molecule has 0 aliphatic heterocycles. The molecule has 4 heteroatoms. The van der Waals surface area contributed by atoms with E-state index in [1.165, 1.54) is 17.0 Å². The first kappa shape index (κ1) is 15.2. The fourth-order valence-electron chi connectivity index (χ4n) is 2.41. The molecular formula is C16H21FN2S. The second-order valence-electron chi connectivity index (χ2n) is 5.07. The molecule has 20 heavy (non-hydrogen) atoms. The summed E-state index contributed by atoms with van der Waals surface area (Å²) >= 11 is 1.73. The van der Waals surface area contributed by atoms with Crippen molar-refractivity contribution >= 4 is 11.3 Å². The highest BCUT2D eigenvalue weighted by Crippen LogP contribution is 2.28. The molecule has 0 amide bonds. The topological polar surface area (TPSA) is 29.3 Å². The second kappa shape index (κ2) is 6.97. The van der Waals surface area contributed by atoms with E-state index in [0.717, 1.165) is 18.5 Å². The number of nitrogens with two attached hydrogens (primary N) is 1. The van der Waals surface area contributed by atoms with Gasteiger partial charge >= 0.3 is 0 Å². The maximum absolute atomic E-state index is 13.0. The summed E-state index contributed by atoms with van der Waals surface area (Å²) in [6.07, 6.45) is 0.927. The quantitative estimate of drug-likeness (QED) is 0.877. The van der Waals surface area contributed by atoms with E-state index in [0.29, 0.717) is 0 Å². The Morgan fingerprint density at radius 2 is 1.95 bits per heavy atom. The summed E-state index contributed by atoms with van der Waals surface area (Å²) in [6, 6.07) is 11.1. The lowest BCUT2D eigenvalue weighted by Gasteiger charge is -2.31. The zero-order valence-corrected chi connectivity index (χ0v) is 12.7. The maximum Gasteiger partial charge on any atom is 0.123 e. The van der Waals surface area contributed by atoms with Gasteiger partial charge in [-0.05, 0) is 42.6 Å². The van der Waals surface area contributed by atoms with Crippen LogP contribution in [0.15, 0.2) is 41.8 Å². The molecule has 1 aromatic carbocycles. The lowest BCUT2D eigenvalue weighted by molar-refractivity contribution is 0.205. The van der Waals surface area contributed by atoms with Crippen LogP contribution in [0.5, 0.6) is 0 Å². The van der Waals surface area contributed by atoms with Crippen molar-refractivity contribution in [2.45, 2.75) is 32.0 Å². The van der Waals surface area contributed by atoms with Gasteiger partial charge in [0, 0.05) is 17.5 Å². The smallest absolute Gasteiger partial charge is 0.123 e. The Labute approximate surface area is 124 Å². The molecule has 1 heterocycles. The number of rotatable bonds is 6. The number of likely N-dealkylation sites (N-methyl/N-ethyl adjacent to an activating group) is 1. The maximum atomic E-state index is 13.0. The Bertz CT molecular complexity index is 510. The molecule has 0 saturated heterocycles. The van der Waals surface area contributed by atoms with Crippen LogP contribution < -0.4 is 5.73 Å². The van der Waals surface area contributed by atoms with Gasteiger partial charge in [0.15, 0.2) is 0 Å². The van der Waals surface area contributed by atoms with Crippen molar-refractivity contribution in [2.24, 2.45) is 5.73 Å². The monoisotopic (exact) mass is 292 g/mol. The van der Waals surface area contributed by atoms with Crippen LogP contribution in [-0.4, -0.2) is 18.0 Å². The first-order chi connectivity index (χ1) is 9.61. The number of halogens is 1. The summed E-state index contributed by atoms with van der Waals surface area (Å²) in [6.45, 7) is 2.87. The molecule has 0 bridgehead atoms. The van der Waals surface area contributed by atoms with Crippen LogP contribution >= 0.6 is 11.3 Å². The molecule has 0 radical (unpaired) electrons. The number of hydrogen-bond donors (Lipinski definition) is 1. The highest BCUT2D eigenvalue weighted by Gasteiger charge is 2.23. The van der Waals surface area contributed by atoms with Crippen LogP contribution in [0.3, 0.4) is 0 Å². The minimum absolute atomic E-state index is 0.0964. The van der Waals surface area contributed by atoms with E-state index in [4.69, 9.17) is 5.73 Å². The van der Waals surface area contributed by atoms with Gasteiger partial charge in [0.05, 0.1) is 6.04 Å². The molecule has 0 saturated carbocycles. The normalized spacial score (nSPS) is 14.4. The summed E-state index contributed by atoms with van der Waals surface area (Å²) in [5.41, 5.74) is 7.39. The fraction of sp³-hybridized carbons (Fsp3) is 0.375. The minimum Gasteiger partial charge on any atom is -0.326 e. The van der Waals surface area contributed by atoms with Gasteiger partial charge in [-0.15, -0.1) is 11.3 Å². The zero-order chi connectivity index (χ0) is 14.5. The number of nitrogens with zero attached hydrogens (tertiary/aromatic N) is 1. The minimum atomic E-state index is -0.198. The Morgan fingerprint density at radius 3 is 2.50 bits per heavy atom. The first-order valence-electron chi connectivity index (χ1n) is 6.85. The van der Waals surface area contributed by atoms with E-state index >= 15 is 0 Å². The Balaban J connectivity index is 2.14. The highest BCUT2D eigenvalue weighted by molar-refractivity contribution is 7.10. The second-order valence-corrected chi connectivity index (χ2v) is 6.05. The van der Waals surface area contributed by atoms with E-state index in [1.807, 2.05) is 12.1 Å². The predicted octanol–water partition coefficient (Wildman–Crippen LogP) is 3.80. The van der Waals surface area contributed by atoms with Gasteiger partial charge in [0.2, 0.25) is 0 Å². The van der Waals surface area contributed by atoms with Gasteiger partial charge in [0.1, 0.15) is 5.82 Å². The lowest BCUT2D eigenvalue weighted by atomic mass is 10.0. The molecule has 2 N–H and O–H groups in total. The Kier molecular flexibility index (Phi) is 5.29. The van der Waals surface area contributed by atoms with Crippen molar-refractivity contribution in [3.05, 3.63) is 58.0 Å². The van der Waals surface area contributed by atoms with E-state index in [9.17, 15) is 4.39 Å². The number of benzene rings is 1. The van der Waals surface area contributed by atoms with Gasteiger partial charge in [-0.2, -0.15) is 0 Å². The molecular weight excluding hydrogens is 271 g/mol. The molecule has 2 atom stereocenters. The molecule has 0 aliphatic carbocycles. The fourth-order valence-corrected chi connectivity index (χ4v) is 3.38. The van der Waals surface area contributed by atoms with Crippen LogP contribution in [0.2, 0.25) is 0 Å². The first-order valence-corrected chi connectivity index (χ1v) is 7.73. The average molecular weight is 292 g/mol. The molecule has 2 aromatic rings. The van der Waals surface area contributed by atoms with Crippen LogP contribution in [0.4, 0.5) is 4.39 Å². The molecule has 2 rings (SSSR count). The van der Waals surface area contributed by atoms with Gasteiger partial charge in [-0.3, -0.25) is 4.90 Å². The lowest BCUT2D eigenvalue weighted by Crippen LogP contribution is -2.38. The van der Waals surface area contributed by atoms with Crippen LogP contribution in [0, 0.1) is 5.82 Å². The molecule has 0 fully saturated rings. The summed E-state index contributed by atoms with van der Waals surface area (Å²) in [5, 5.41) is 2.08. The summed E-state index contributed by atoms with van der Waals surface area (Å²) in [7, 11) is 2.07. The molecule has 2 nitrogen and oxygen atoms in total. The molecule has 108 valence electrons. The predicted molar refractivity (Wildman–Crippen MR) is 83.2 cm³/mol. The number of thiophene rings is 1. The van der Waals surface area contributed by atoms with Crippen molar-refractivity contribution in [1.82, 2.24) is 4.90 Å². The van der Waals surface area contributed by atoms with Gasteiger partial charge in [-0.1, -0.05) is 25.1 Å². The van der Waals surface area contributed by atoms with Gasteiger partial charge < -0.3 is 5.73 Å². The highest BCUT2D eigenvalue weighted by atomic mass is 32.1. The van der Waals surface area contributed by atoms with E-state index in [2.05, 4.69) is 36.4 Å². The van der Waals surface area contributed by atoms with Crippen LogP contribution in [0.1, 0.15) is 29.8 Å². The number of hydrogen-bond acceptors (Lipinski definition) is 3.